The van der Waals surface area contributed by atoms with Crippen LogP contribution < -0.4 is 21.3 Å². The number of rotatable bonds is 15. The van der Waals surface area contributed by atoms with Gasteiger partial charge in [-0.15, -0.1) is 0 Å². The number of nitrogens with one attached hydrogen (secondary N) is 4. The second kappa shape index (κ2) is 17.0. The van der Waals surface area contributed by atoms with Gasteiger partial charge in [-0.3, -0.25) is 14.4 Å². The lowest BCUT2D eigenvalue weighted by Gasteiger charge is -2.27. The number of hydrogen-bond donors (Lipinski definition) is 5. The number of carbonyl (C=O) groups is 5. The SMILES string of the molecule is CCOC(=O)C=C[C@H](C[C@@H]1CCNC1=O)NC(=O)[C@H](CC(C)C)NC(=O)[C@@H](NC(=O)OCc1ccccc1)C(C)O. The largest absolute Gasteiger partial charge is 0.463 e. The average Bonchev–Trinajstić information content (AvgIpc) is 3.32. The summed E-state index contributed by atoms with van der Waals surface area (Å²) in [5.74, 6) is -2.39. The van der Waals surface area contributed by atoms with Crippen molar-refractivity contribution in [3.05, 3.63) is 48.0 Å². The van der Waals surface area contributed by atoms with Crippen molar-refractivity contribution in [2.75, 3.05) is 13.2 Å². The molecule has 12 nitrogen and oxygen atoms in total. The van der Waals surface area contributed by atoms with Crippen LogP contribution in [-0.4, -0.2) is 72.3 Å². The average molecular weight is 575 g/mol. The van der Waals surface area contributed by atoms with Crippen LogP contribution in [0.4, 0.5) is 4.79 Å². The van der Waals surface area contributed by atoms with E-state index < -0.39 is 48.1 Å². The lowest BCUT2D eigenvalue weighted by molar-refractivity contribution is -0.137. The molecule has 1 fully saturated rings. The van der Waals surface area contributed by atoms with E-state index in [2.05, 4.69) is 21.3 Å². The van der Waals surface area contributed by atoms with Crippen LogP contribution in [0.1, 0.15) is 52.5 Å². The molecular formula is C29H42N4O8. The molecule has 2 rings (SSSR count). The van der Waals surface area contributed by atoms with Gasteiger partial charge in [0.15, 0.2) is 0 Å². The first-order valence-corrected chi connectivity index (χ1v) is 13.9. The summed E-state index contributed by atoms with van der Waals surface area (Å²) in [5.41, 5.74) is 0.746. The van der Waals surface area contributed by atoms with Gasteiger partial charge in [-0.05, 0) is 44.6 Å². The first kappa shape index (κ1) is 33.3. The number of carbonyl (C=O) groups excluding carboxylic acids is 5. The summed E-state index contributed by atoms with van der Waals surface area (Å²) in [7, 11) is 0. The van der Waals surface area contributed by atoms with Crippen LogP contribution in [0.2, 0.25) is 0 Å². The van der Waals surface area contributed by atoms with E-state index in [1.165, 1.54) is 19.1 Å². The zero-order valence-corrected chi connectivity index (χ0v) is 24.1. The van der Waals surface area contributed by atoms with Crippen LogP contribution in [0.25, 0.3) is 0 Å². The Morgan fingerprint density at radius 3 is 2.34 bits per heavy atom. The lowest BCUT2D eigenvalue weighted by Crippen LogP contribution is -2.58. The van der Waals surface area contributed by atoms with Crippen LogP contribution in [0.15, 0.2) is 42.5 Å². The Morgan fingerprint density at radius 2 is 1.76 bits per heavy atom. The molecule has 0 aliphatic carbocycles. The molecule has 5 atom stereocenters. The fraction of sp³-hybridized carbons (Fsp3) is 0.552. The lowest BCUT2D eigenvalue weighted by atomic mass is 9.96. The zero-order chi connectivity index (χ0) is 30.4. The van der Waals surface area contributed by atoms with Gasteiger partial charge in [0.05, 0.1) is 12.7 Å². The van der Waals surface area contributed by atoms with Crippen molar-refractivity contribution < 1.29 is 38.6 Å². The van der Waals surface area contributed by atoms with Gasteiger partial charge < -0.3 is 35.8 Å². The highest BCUT2D eigenvalue weighted by atomic mass is 16.5. The Bertz CT molecular complexity index is 1060. The third kappa shape index (κ3) is 12.0. The highest BCUT2D eigenvalue weighted by Crippen LogP contribution is 2.17. The minimum absolute atomic E-state index is 0.00557. The first-order chi connectivity index (χ1) is 19.5. The topological polar surface area (TPSA) is 172 Å². The van der Waals surface area contributed by atoms with Gasteiger partial charge in [-0.2, -0.15) is 0 Å². The van der Waals surface area contributed by atoms with E-state index in [0.717, 1.165) is 5.56 Å². The number of aliphatic hydroxyl groups is 1. The van der Waals surface area contributed by atoms with Crippen LogP contribution in [-0.2, 0) is 35.3 Å². The van der Waals surface area contributed by atoms with Crippen molar-refractivity contribution in [1.29, 1.82) is 0 Å². The number of ether oxygens (including phenoxy) is 2. The molecule has 1 aromatic rings. The van der Waals surface area contributed by atoms with Crippen molar-refractivity contribution in [3.63, 3.8) is 0 Å². The number of aliphatic hydroxyl groups excluding tert-OH is 1. The van der Waals surface area contributed by atoms with E-state index in [0.29, 0.717) is 13.0 Å². The monoisotopic (exact) mass is 574 g/mol. The molecule has 0 saturated carbocycles. The molecule has 1 aromatic carbocycles. The predicted molar refractivity (Wildman–Crippen MR) is 150 cm³/mol. The van der Waals surface area contributed by atoms with Crippen LogP contribution in [0.3, 0.4) is 0 Å². The fourth-order valence-corrected chi connectivity index (χ4v) is 4.29. The highest BCUT2D eigenvalue weighted by molar-refractivity contribution is 5.92. The maximum absolute atomic E-state index is 13.4. The first-order valence-electron chi connectivity index (χ1n) is 13.9. The molecule has 1 unspecified atom stereocenters. The molecule has 226 valence electrons. The molecule has 1 aliphatic rings. The van der Waals surface area contributed by atoms with E-state index in [9.17, 15) is 29.1 Å². The fourth-order valence-electron chi connectivity index (χ4n) is 4.29. The molecule has 1 heterocycles. The van der Waals surface area contributed by atoms with E-state index in [1.54, 1.807) is 31.2 Å². The van der Waals surface area contributed by atoms with Gasteiger partial charge in [0.2, 0.25) is 17.7 Å². The van der Waals surface area contributed by atoms with Gasteiger partial charge in [-0.25, -0.2) is 9.59 Å². The Kier molecular flexibility index (Phi) is 13.8. The molecule has 0 spiro atoms. The molecule has 41 heavy (non-hydrogen) atoms. The van der Waals surface area contributed by atoms with Crippen molar-refractivity contribution in [3.8, 4) is 0 Å². The summed E-state index contributed by atoms with van der Waals surface area (Å²) in [6.45, 7) is 7.44. The molecule has 1 saturated heterocycles. The minimum atomic E-state index is -1.39. The van der Waals surface area contributed by atoms with E-state index in [-0.39, 0.29) is 43.8 Å². The van der Waals surface area contributed by atoms with Gasteiger partial charge >= 0.3 is 12.1 Å². The molecular weight excluding hydrogens is 532 g/mol. The Balaban J connectivity index is 2.10. The number of hydrogen-bond acceptors (Lipinski definition) is 8. The molecule has 0 radical (unpaired) electrons. The second-order valence-electron chi connectivity index (χ2n) is 10.4. The summed E-state index contributed by atoms with van der Waals surface area (Å²) >= 11 is 0. The standard InChI is InChI=1S/C29H42N4O8/c1-5-40-24(35)12-11-22(16-21-13-14-30-26(21)36)31-27(37)23(15-18(2)3)32-28(38)25(19(4)34)33-29(39)41-17-20-9-7-6-8-10-20/h6-12,18-19,21-23,25,34H,5,13-17H2,1-4H3,(H,30,36)(H,31,37)(H,32,38)(H,33,39)/t19?,21-,22+,23-,25-/m0/s1. The zero-order valence-electron chi connectivity index (χ0n) is 24.1. The van der Waals surface area contributed by atoms with Gasteiger partial charge in [0.1, 0.15) is 18.7 Å². The summed E-state index contributed by atoms with van der Waals surface area (Å²) in [6.07, 6.45) is 1.57. The maximum atomic E-state index is 13.4. The van der Waals surface area contributed by atoms with Crippen molar-refractivity contribution in [2.45, 2.75) is 77.8 Å². The Hall–Kier alpha value is -3.93. The number of alkyl carbamates (subject to hydrolysis) is 1. The van der Waals surface area contributed by atoms with Crippen LogP contribution in [0.5, 0.6) is 0 Å². The summed E-state index contributed by atoms with van der Waals surface area (Å²) < 4.78 is 10.1. The van der Waals surface area contributed by atoms with Crippen molar-refractivity contribution in [2.24, 2.45) is 11.8 Å². The van der Waals surface area contributed by atoms with E-state index in [4.69, 9.17) is 9.47 Å². The van der Waals surface area contributed by atoms with Crippen LogP contribution in [0, 0.1) is 11.8 Å². The van der Waals surface area contributed by atoms with E-state index >= 15 is 0 Å². The number of benzene rings is 1. The van der Waals surface area contributed by atoms with Crippen molar-refractivity contribution >= 4 is 29.8 Å². The van der Waals surface area contributed by atoms with Crippen LogP contribution >= 0.6 is 0 Å². The summed E-state index contributed by atoms with van der Waals surface area (Å²) in [4.78, 5) is 62.9. The molecule has 12 heteroatoms. The third-order valence-corrected chi connectivity index (χ3v) is 6.37. The Labute approximate surface area is 240 Å². The predicted octanol–water partition coefficient (Wildman–Crippen LogP) is 1.32. The maximum Gasteiger partial charge on any atom is 0.408 e. The minimum Gasteiger partial charge on any atom is -0.463 e. The molecule has 1 aliphatic heterocycles. The highest BCUT2D eigenvalue weighted by Gasteiger charge is 2.32. The molecule has 4 amide bonds. The van der Waals surface area contributed by atoms with Gasteiger partial charge in [0.25, 0.3) is 0 Å². The molecule has 0 aromatic heterocycles. The van der Waals surface area contributed by atoms with Crippen molar-refractivity contribution in [1.82, 2.24) is 21.3 Å². The van der Waals surface area contributed by atoms with Gasteiger partial charge in [0, 0.05) is 24.6 Å². The smallest absolute Gasteiger partial charge is 0.408 e. The van der Waals surface area contributed by atoms with E-state index in [1.807, 2.05) is 19.9 Å². The third-order valence-electron chi connectivity index (χ3n) is 6.37. The second-order valence-corrected chi connectivity index (χ2v) is 10.4. The quantitative estimate of drug-likeness (QED) is 0.154. The number of amides is 4. The van der Waals surface area contributed by atoms with Gasteiger partial charge in [-0.1, -0.05) is 50.3 Å². The normalized spacial score (nSPS) is 17.7. The number of esters is 1. The summed E-state index contributed by atoms with van der Waals surface area (Å²) in [6, 6.07) is 5.86. The molecule has 5 N–H and O–H groups in total. The summed E-state index contributed by atoms with van der Waals surface area (Å²) in [5, 5.41) is 20.8. The molecule has 0 bridgehead atoms. The Morgan fingerprint density at radius 1 is 1.05 bits per heavy atom.